The largest absolute Gasteiger partial charge is 0.341 e. The average molecular weight is 191 g/mol. The monoisotopic (exact) mass is 190 g/mol. The minimum atomic E-state index is 0.757. The van der Waals surface area contributed by atoms with Gasteiger partial charge in [-0.2, -0.15) is 0 Å². The molecule has 2 nitrogen and oxygen atoms in total. The highest BCUT2D eigenvalue weighted by molar-refractivity contribution is 9.18. The van der Waals surface area contributed by atoms with Crippen molar-refractivity contribution in [1.29, 1.82) is 0 Å². The lowest BCUT2D eigenvalue weighted by atomic mass is 10.5. The maximum atomic E-state index is 3.83. The van der Waals surface area contributed by atoms with Gasteiger partial charge in [0, 0.05) is 7.05 Å². The van der Waals surface area contributed by atoms with Crippen molar-refractivity contribution in [2.45, 2.75) is 13.3 Å². The first-order valence-electron chi connectivity index (χ1n) is 2.85. The molecule has 0 aliphatic carbocycles. The summed E-state index contributed by atoms with van der Waals surface area (Å²) in [5.74, 6) is 0. The average Bonchev–Trinajstić information content (AvgIpc) is 1.89. The van der Waals surface area contributed by atoms with Crippen molar-refractivity contribution in [2.24, 2.45) is 4.99 Å². The fourth-order valence-electron chi connectivity index (χ4n) is 0.310. The molecule has 0 atom stereocenters. The van der Waals surface area contributed by atoms with Gasteiger partial charge in [0.2, 0.25) is 0 Å². The number of halogens is 1. The number of hydrogen-bond acceptors (Lipinski definition) is 1. The van der Waals surface area contributed by atoms with Crippen molar-refractivity contribution in [3.8, 4) is 0 Å². The summed E-state index contributed by atoms with van der Waals surface area (Å²) in [4.78, 5) is 3.83. The molecular weight excluding hydrogens is 180 g/mol. The molecule has 0 aliphatic heterocycles. The quantitative estimate of drug-likeness (QED) is 0.402. The summed E-state index contributed by atoms with van der Waals surface area (Å²) in [7, 11) is 1.72. The third-order valence-corrected chi connectivity index (χ3v) is 1.34. The van der Waals surface area contributed by atoms with Gasteiger partial charge in [0.25, 0.3) is 0 Å². The normalized spacial score (nSPS) is 12.6. The van der Waals surface area contributed by atoms with Gasteiger partial charge in [0.15, 0.2) is 4.74 Å². The summed E-state index contributed by atoms with van der Waals surface area (Å²) in [6.45, 7) is 2.08. The topological polar surface area (TPSA) is 24.4 Å². The minimum absolute atomic E-state index is 0.757. The van der Waals surface area contributed by atoms with Gasteiger partial charge in [0.05, 0.1) is 0 Å². The van der Waals surface area contributed by atoms with Gasteiger partial charge in [-0.1, -0.05) is 13.0 Å². The second-order valence-electron chi connectivity index (χ2n) is 1.47. The van der Waals surface area contributed by atoms with Crippen molar-refractivity contribution in [3.63, 3.8) is 0 Å². The molecule has 0 spiro atoms. The van der Waals surface area contributed by atoms with E-state index in [0.717, 1.165) is 11.2 Å². The Balaban J connectivity index is 3.38. The number of nitrogens with one attached hydrogen (secondary N) is 1. The zero-order valence-electron chi connectivity index (χ0n) is 5.69. The molecule has 0 radical (unpaired) electrons. The van der Waals surface area contributed by atoms with Crippen LogP contribution in [0.2, 0.25) is 0 Å². The highest BCUT2D eigenvalue weighted by atomic mass is 79.9. The van der Waals surface area contributed by atoms with Crippen molar-refractivity contribution < 1.29 is 0 Å². The first kappa shape index (κ1) is 8.69. The molecule has 0 fully saturated rings. The van der Waals surface area contributed by atoms with E-state index in [1.165, 1.54) is 0 Å². The van der Waals surface area contributed by atoms with Crippen LogP contribution in [0.4, 0.5) is 0 Å². The number of rotatable bonds is 2. The number of aliphatic imine (C=N–C) groups is 1. The van der Waals surface area contributed by atoms with E-state index in [1.54, 1.807) is 7.05 Å². The maximum absolute atomic E-state index is 3.83. The molecule has 0 bridgehead atoms. The van der Waals surface area contributed by atoms with Crippen LogP contribution in [-0.4, -0.2) is 11.8 Å². The predicted octanol–water partition coefficient (Wildman–Crippen LogP) is 1.88. The van der Waals surface area contributed by atoms with E-state index in [1.807, 2.05) is 12.3 Å². The van der Waals surface area contributed by atoms with Crippen LogP contribution >= 0.6 is 15.9 Å². The second-order valence-corrected chi connectivity index (χ2v) is 2.22. The van der Waals surface area contributed by atoms with E-state index >= 15 is 0 Å². The van der Waals surface area contributed by atoms with E-state index in [0.29, 0.717) is 0 Å². The van der Waals surface area contributed by atoms with Gasteiger partial charge in [-0.15, -0.1) is 0 Å². The molecule has 0 unspecified atom stereocenters. The van der Waals surface area contributed by atoms with Crippen LogP contribution in [0.15, 0.2) is 17.3 Å². The van der Waals surface area contributed by atoms with Gasteiger partial charge in [-0.05, 0) is 28.6 Å². The minimum Gasteiger partial charge on any atom is -0.341 e. The Bertz CT molecular complexity index is 118. The number of hydrogen-bond donors (Lipinski definition) is 1. The molecule has 9 heavy (non-hydrogen) atoms. The molecule has 0 amide bonds. The predicted molar refractivity (Wildman–Crippen MR) is 44.9 cm³/mol. The lowest BCUT2D eigenvalue weighted by Crippen LogP contribution is -2.08. The Morgan fingerprint density at radius 2 is 2.44 bits per heavy atom. The third-order valence-electron chi connectivity index (χ3n) is 0.752. The van der Waals surface area contributed by atoms with Crippen LogP contribution < -0.4 is 5.32 Å². The Kier molecular flexibility index (Phi) is 5.62. The van der Waals surface area contributed by atoms with Crippen LogP contribution in [0.1, 0.15) is 13.3 Å². The Hall–Kier alpha value is -0.310. The van der Waals surface area contributed by atoms with Crippen LogP contribution in [0.3, 0.4) is 0 Å². The molecule has 0 aromatic heterocycles. The standard InChI is InChI=1S/C6H11BrN2/c1-3-4-5-9-6(7)8-2/h4-5H,3H2,1-2H3,(H,8,9). The molecule has 0 aromatic carbocycles. The molecule has 0 saturated heterocycles. The molecular formula is C6H11BrN2. The first-order chi connectivity index (χ1) is 4.31. The fraction of sp³-hybridized carbons (Fsp3) is 0.500. The van der Waals surface area contributed by atoms with Crippen LogP contribution in [0.5, 0.6) is 0 Å². The zero-order chi connectivity index (χ0) is 7.11. The zero-order valence-corrected chi connectivity index (χ0v) is 7.27. The summed E-state index contributed by atoms with van der Waals surface area (Å²) >= 11 is 3.19. The van der Waals surface area contributed by atoms with Crippen molar-refractivity contribution in [1.82, 2.24) is 5.32 Å². The molecule has 1 N–H and O–H groups in total. The van der Waals surface area contributed by atoms with Crippen molar-refractivity contribution in [3.05, 3.63) is 12.3 Å². The lowest BCUT2D eigenvalue weighted by molar-refractivity contribution is 1.17. The van der Waals surface area contributed by atoms with E-state index in [4.69, 9.17) is 0 Å². The van der Waals surface area contributed by atoms with Gasteiger partial charge >= 0.3 is 0 Å². The number of amidine groups is 1. The first-order valence-corrected chi connectivity index (χ1v) is 3.64. The lowest BCUT2D eigenvalue weighted by Gasteiger charge is -1.92. The van der Waals surface area contributed by atoms with Gasteiger partial charge < -0.3 is 5.32 Å². The van der Waals surface area contributed by atoms with Gasteiger partial charge in [0.1, 0.15) is 0 Å². The molecule has 0 aromatic rings. The molecule has 0 heterocycles. The molecule has 0 aliphatic rings. The van der Waals surface area contributed by atoms with Crippen LogP contribution in [-0.2, 0) is 0 Å². The molecule has 3 heteroatoms. The summed E-state index contributed by atoms with van der Waals surface area (Å²) < 4.78 is 0.757. The fourth-order valence-corrected chi connectivity index (χ4v) is 0.442. The summed E-state index contributed by atoms with van der Waals surface area (Å²) in [5.41, 5.74) is 0. The summed E-state index contributed by atoms with van der Waals surface area (Å²) in [6.07, 6.45) is 4.92. The van der Waals surface area contributed by atoms with Crippen molar-refractivity contribution >= 4 is 20.7 Å². The maximum Gasteiger partial charge on any atom is 0.169 e. The van der Waals surface area contributed by atoms with Crippen molar-refractivity contribution in [2.75, 3.05) is 7.05 Å². The van der Waals surface area contributed by atoms with Gasteiger partial charge in [-0.25, -0.2) is 0 Å². The van der Waals surface area contributed by atoms with Gasteiger partial charge in [-0.3, -0.25) is 4.99 Å². The number of allylic oxidation sites excluding steroid dienone is 1. The van der Waals surface area contributed by atoms with E-state index in [9.17, 15) is 0 Å². The Morgan fingerprint density at radius 1 is 1.78 bits per heavy atom. The summed E-state index contributed by atoms with van der Waals surface area (Å²) in [5, 5.41) is 2.92. The highest BCUT2D eigenvalue weighted by Gasteiger charge is 1.79. The van der Waals surface area contributed by atoms with Crippen LogP contribution in [0.25, 0.3) is 0 Å². The Labute approximate surface area is 64.2 Å². The van der Waals surface area contributed by atoms with E-state index in [2.05, 4.69) is 33.2 Å². The van der Waals surface area contributed by atoms with E-state index < -0.39 is 0 Å². The number of nitrogens with zero attached hydrogens (tertiary/aromatic N) is 1. The molecule has 0 saturated carbocycles. The highest BCUT2D eigenvalue weighted by Crippen LogP contribution is 1.83. The van der Waals surface area contributed by atoms with Crippen LogP contribution in [0, 0.1) is 0 Å². The smallest absolute Gasteiger partial charge is 0.169 e. The van der Waals surface area contributed by atoms with E-state index in [-0.39, 0.29) is 0 Å². The molecule has 0 rings (SSSR count). The molecule has 52 valence electrons. The Morgan fingerprint density at radius 3 is 2.89 bits per heavy atom. The third kappa shape index (κ3) is 5.56. The SMILES string of the molecule is CCC=CNC(Br)=NC. The summed E-state index contributed by atoms with van der Waals surface area (Å²) in [6, 6.07) is 0. The second kappa shape index (κ2) is 5.82.